The SMILES string of the molecule is CCOC1CC(NC(C)c2cc3ccccc3s2)C1(C)C. The molecule has 0 saturated heterocycles. The van der Waals surface area contributed by atoms with Gasteiger partial charge in [0.2, 0.25) is 0 Å². The van der Waals surface area contributed by atoms with E-state index in [0.717, 1.165) is 13.0 Å². The van der Waals surface area contributed by atoms with E-state index >= 15 is 0 Å². The smallest absolute Gasteiger partial charge is 0.0655 e. The van der Waals surface area contributed by atoms with E-state index < -0.39 is 0 Å². The molecule has 1 N–H and O–H groups in total. The Hall–Kier alpha value is -0.900. The molecule has 1 aromatic carbocycles. The molecule has 1 aromatic heterocycles. The zero-order valence-corrected chi connectivity index (χ0v) is 14.2. The van der Waals surface area contributed by atoms with Gasteiger partial charge in [0.1, 0.15) is 0 Å². The van der Waals surface area contributed by atoms with Crippen molar-refractivity contribution in [1.82, 2.24) is 5.32 Å². The Labute approximate surface area is 131 Å². The van der Waals surface area contributed by atoms with E-state index in [-0.39, 0.29) is 5.41 Å². The monoisotopic (exact) mass is 303 g/mol. The fraction of sp³-hybridized carbons (Fsp3) is 0.556. The number of rotatable bonds is 5. The van der Waals surface area contributed by atoms with Crippen molar-refractivity contribution in [3.63, 3.8) is 0 Å². The van der Waals surface area contributed by atoms with Gasteiger partial charge >= 0.3 is 0 Å². The second kappa shape index (κ2) is 5.71. The zero-order valence-electron chi connectivity index (χ0n) is 13.3. The molecule has 1 aliphatic carbocycles. The quantitative estimate of drug-likeness (QED) is 0.860. The summed E-state index contributed by atoms with van der Waals surface area (Å²) < 4.78 is 7.20. The third-order valence-corrected chi connectivity index (χ3v) is 6.17. The van der Waals surface area contributed by atoms with Crippen LogP contribution in [0.2, 0.25) is 0 Å². The molecule has 1 saturated carbocycles. The molecule has 1 heterocycles. The Bertz CT molecular complexity index is 585. The first kappa shape index (κ1) is 15.0. The van der Waals surface area contributed by atoms with Crippen LogP contribution >= 0.6 is 11.3 Å². The topological polar surface area (TPSA) is 21.3 Å². The van der Waals surface area contributed by atoms with E-state index in [1.54, 1.807) is 0 Å². The van der Waals surface area contributed by atoms with Gasteiger partial charge in [0, 0.05) is 33.7 Å². The van der Waals surface area contributed by atoms with Gasteiger partial charge in [0.15, 0.2) is 0 Å². The Morgan fingerprint density at radius 2 is 2.14 bits per heavy atom. The third kappa shape index (κ3) is 2.75. The summed E-state index contributed by atoms with van der Waals surface area (Å²) in [6, 6.07) is 11.9. The standard InChI is InChI=1S/C18H25NOS/c1-5-20-17-11-16(18(17,3)4)19-12(2)15-10-13-8-6-7-9-14(13)21-15/h6-10,12,16-17,19H,5,11H2,1-4H3. The van der Waals surface area contributed by atoms with Gasteiger partial charge < -0.3 is 10.1 Å². The second-order valence-corrected chi connectivity index (χ2v) is 7.74. The van der Waals surface area contributed by atoms with Crippen LogP contribution in [0.3, 0.4) is 0 Å². The van der Waals surface area contributed by atoms with E-state index in [4.69, 9.17) is 4.74 Å². The fourth-order valence-electron chi connectivity index (χ4n) is 3.25. The summed E-state index contributed by atoms with van der Waals surface area (Å²) >= 11 is 1.90. The lowest BCUT2D eigenvalue weighted by Gasteiger charge is -2.52. The van der Waals surface area contributed by atoms with Crippen LogP contribution in [0, 0.1) is 5.41 Å². The Morgan fingerprint density at radius 1 is 1.38 bits per heavy atom. The maximum atomic E-state index is 5.82. The summed E-state index contributed by atoms with van der Waals surface area (Å²) in [6.45, 7) is 9.79. The Kier molecular flexibility index (Phi) is 4.08. The van der Waals surface area contributed by atoms with Crippen LogP contribution in [0.25, 0.3) is 10.1 Å². The molecule has 114 valence electrons. The summed E-state index contributed by atoms with van der Waals surface area (Å²) in [6.07, 6.45) is 1.52. The lowest BCUT2D eigenvalue weighted by atomic mass is 9.64. The molecule has 0 bridgehead atoms. The second-order valence-electron chi connectivity index (χ2n) is 6.63. The number of ether oxygens (including phenoxy) is 1. The molecule has 1 aliphatic rings. The summed E-state index contributed by atoms with van der Waals surface area (Å²) in [7, 11) is 0. The van der Waals surface area contributed by atoms with Crippen molar-refractivity contribution < 1.29 is 4.74 Å². The van der Waals surface area contributed by atoms with E-state index in [1.165, 1.54) is 15.0 Å². The summed E-state index contributed by atoms with van der Waals surface area (Å²) in [4.78, 5) is 1.42. The minimum Gasteiger partial charge on any atom is -0.378 e. The van der Waals surface area contributed by atoms with Crippen molar-refractivity contribution >= 4 is 21.4 Å². The molecule has 2 nitrogen and oxygen atoms in total. The predicted molar refractivity (Wildman–Crippen MR) is 91.0 cm³/mol. The molecule has 3 unspecified atom stereocenters. The molecule has 21 heavy (non-hydrogen) atoms. The van der Waals surface area contributed by atoms with Crippen LogP contribution in [-0.4, -0.2) is 18.8 Å². The number of hydrogen-bond acceptors (Lipinski definition) is 3. The molecule has 0 radical (unpaired) electrons. The number of nitrogens with one attached hydrogen (secondary N) is 1. The van der Waals surface area contributed by atoms with Crippen molar-refractivity contribution in [3.8, 4) is 0 Å². The van der Waals surface area contributed by atoms with Crippen LogP contribution in [0.1, 0.15) is 45.0 Å². The minimum absolute atomic E-state index is 0.223. The van der Waals surface area contributed by atoms with Gasteiger partial charge in [-0.2, -0.15) is 0 Å². The first-order valence-corrected chi connectivity index (χ1v) is 8.70. The number of fused-ring (bicyclic) bond motifs is 1. The highest BCUT2D eigenvalue weighted by molar-refractivity contribution is 7.19. The van der Waals surface area contributed by atoms with Crippen molar-refractivity contribution in [3.05, 3.63) is 35.2 Å². The van der Waals surface area contributed by atoms with Crippen LogP contribution in [0.4, 0.5) is 0 Å². The summed E-state index contributed by atoms with van der Waals surface area (Å²) in [5, 5.41) is 5.16. The van der Waals surface area contributed by atoms with E-state index in [9.17, 15) is 0 Å². The van der Waals surface area contributed by atoms with Crippen molar-refractivity contribution in [2.24, 2.45) is 5.41 Å². The fourth-order valence-corrected chi connectivity index (χ4v) is 4.33. The van der Waals surface area contributed by atoms with Gasteiger partial charge in [0.05, 0.1) is 6.10 Å². The molecule has 0 aliphatic heterocycles. The van der Waals surface area contributed by atoms with E-state index in [2.05, 4.69) is 63.3 Å². The van der Waals surface area contributed by atoms with Crippen LogP contribution in [0.15, 0.2) is 30.3 Å². The largest absolute Gasteiger partial charge is 0.378 e. The van der Waals surface area contributed by atoms with Crippen molar-refractivity contribution in [2.45, 2.75) is 52.3 Å². The number of hydrogen-bond donors (Lipinski definition) is 1. The summed E-state index contributed by atoms with van der Waals surface area (Å²) in [5.41, 5.74) is 0.223. The lowest BCUT2D eigenvalue weighted by molar-refractivity contribution is -0.116. The molecular weight excluding hydrogens is 278 g/mol. The van der Waals surface area contributed by atoms with Crippen molar-refractivity contribution in [1.29, 1.82) is 0 Å². The number of thiophene rings is 1. The summed E-state index contributed by atoms with van der Waals surface area (Å²) in [5.74, 6) is 0. The van der Waals surface area contributed by atoms with Gasteiger partial charge in [-0.25, -0.2) is 0 Å². The van der Waals surface area contributed by atoms with Crippen LogP contribution in [0.5, 0.6) is 0 Å². The lowest BCUT2D eigenvalue weighted by Crippen LogP contribution is -2.61. The maximum absolute atomic E-state index is 5.82. The zero-order chi connectivity index (χ0) is 15.0. The first-order valence-electron chi connectivity index (χ1n) is 7.88. The average molecular weight is 303 g/mol. The third-order valence-electron chi connectivity index (χ3n) is 4.87. The minimum atomic E-state index is 0.223. The first-order chi connectivity index (χ1) is 10.0. The normalized spacial score (nSPS) is 25.7. The molecule has 2 aromatic rings. The van der Waals surface area contributed by atoms with Gasteiger partial charge in [-0.3, -0.25) is 0 Å². The van der Waals surface area contributed by atoms with Gasteiger partial charge in [-0.1, -0.05) is 32.0 Å². The van der Waals surface area contributed by atoms with Gasteiger partial charge in [-0.05, 0) is 37.8 Å². The molecule has 0 spiro atoms. The molecular formula is C18H25NOS. The molecule has 3 atom stereocenters. The van der Waals surface area contributed by atoms with E-state index in [1.807, 2.05) is 11.3 Å². The van der Waals surface area contributed by atoms with E-state index in [0.29, 0.717) is 18.2 Å². The van der Waals surface area contributed by atoms with Crippen molar-refractivity contribution in [2.75, 3.05) is 6.61 Å². The van der Waals surface area contributed by atoms with Crippen LogP contribution < -0.4 is 5.32 Å². The Balaban J connectivity index is 1.68. The highest BCUT2D eigenvalue weighted by atomic mass is 32.1. The average Bonchev–Trinajstić information content (AvgIpc) is 2.90. The predicted octanol–water partition coefficient (Wildman–Crippen LogP) is 4.76. The molecule has 0 amide bonds. The molecule has 1 fully saturated rings. The Morgan fingerprint density at radius 3 is 2.81 bits per heavy atom. The highest BCUT2D eigenvalue weighted by Crippen LogP contribution is 2.44. The van der Waals surface area contributed by atoms with Gasteiger partial charge in [-0.15, -0.1) is 11.3 Å². The van der Waals surface area contributed by atoms with Crippen LogP contribution in [-0.2, 0) is 4.74 Å². The number of benzene rings is 1. The molecule has 3 rings (SSSR count). The molecule has 3 heteroatoms. The van der Waals surface area contributed by atoms with Gasteiger partial charge in [0.25, 0.3) is 0 Å². The highest BCUT2D eigenvalue weighted by Gasteiger charge is 2.49. The maximum Gasteiger partial charge on any atom is 0.0655 e.